The predicted octanol–water partition coefficient (Wildman–Crippen LogP) is 3.53. The summed E-state index contributed by atoms with van der Waals surface area (Å²) in [5.41, 5.74) is 0.925. The molecule has 1 saturated heterocycles. The van der Waals surface area contributed by atoms with Crippen LogP contribution in [0.3, 0.4) is 0 Å². The lowest BCUT2D eigenvalue weighted by Crippen LogP contribution is -2.26. The Labute approximate surface area is 102 Å². The molecule has 0 aromatic carbocycles. The molecule has 80 valence electrons. The van der Waals surface area contributed by atoms with E-state index in [2.05, 4.69) is 31.9 Å². The van der Waals surface area contributed by atoms with Gasteiger partial charge in [-0.15, -0.1) is 11.8 Å². The van der Waals surface area contributed by atoms with Gasteiger partial charge in [0.1, 0.15) is 12.7 Å². The molecule has 1 nitrogen and oxygen atoms in total. The largest absolute Gasteiger partial charge is 0.365 e. The molecule has 0 amide bonds. The zero-order valence-corrected chi connectivity index (χ0v) is 11.0. The van der Waals surface area contributed by atoms with E-state index in [9.17, 15) is 8.78 Å². The smallest absolute Gasteiger partial charge is 0.274 e. The second kappa shape index (κ2) is 4.03. The summed E-state index contributed by atoms with van der Waals surface area (Å²) in [6.07, 6.45) is 1.16. The minimum absolute atomic E-state index is 0.0621. The van der Waals surface area contributed by atoms with Crippen LogP contribution in [0.2, 0.25) is 0 Å². The summed E-state index contributed by atoms with van der Waals surface area (Å²) < 4.78 is 31.4. The van der Waals surface area contributed by atoms with E-state index in [0.29, 0.717) is 0 Å². The highest BCUT2D eigenvalue weighted by Crippen LogP contribution is 2.47. The van der Waals surface area contributed by atoms with E-state index in [1.165, 1.54) is 0 Å². The molecule has 0 bridgehead atoms. The van der Waals surface area contributed by atoms with E-state index >= 15 is 0 Å². The first-order valence-corrected chi connectivity index (χ1v) is 6.90. The number of thioether (sulfide) groups is 1. The molecule has 3 unspecified atom stereocenters. The van der Waals surface area contributed by atoms with Crippen molar-refractivity contribution in [1.82, 2.24) is 0 Å². The van der Waals surface area contributed by atoms with Crippen molar-refractivity contribution < 1.29 is 13.5 Å². The van der Waals surface area contributed by atoms with Gasteiger partial charge < -0.3 is 4.74 Å². The zero-order valence-electron chi connectivity index (χ0n) is 7.05. The number of fused-ring (bicyclic) bond motifs is 1. The molecule has 0 N–H and O–H groups in total. The zero-order chi connectivity index (χ0) is 10.3. The fraction of sp³-hybridized carbons (Fsp3) is 0.750. The quantitative estimate of drug-likeness (QED) is 0.488. The fourth-order valence-corrected chi connectivity index (χ4v) is 5.58. The number of hydrogen-bond donors (Lipinski definition) is 0. The van der Waals surface area contributed by atoms with Crippen LogP contribution in [0.4, 0.5) is 8.78 Å². The molecule has 3 atom stereocenters. The average molecular weight is 350 g/mol. The lowest BCUT2D eigenvalue weighted by atomic mass is 10.1. The van der Waals surface area contributed by atoms with Crippen molar-refractivity contribution in [3.05, 3.63) is 11.6 Å². The van der Waals surface area contributed by atoms with Crippen LogP contribution in [0.15, 0.2) is 11.6 Å². The molecule has 0 aliphatic carbocycles. The third kappa shape index (κ3) is 2.18. The minimum Gasteiger partial charge on any atom is -0.365 e. The summed E-state index contributed by atoms with van der Waals surface area (Å²) in [5.74, 6) is -2.72. The van der Waals surface area contributed by atoms with Crippen LogP contribution in [0.1, 0.15) is 6.42 Å². The van der Waals surface area contributed by atoms with Crippen molar-refractivity contribution in [2.24, 2.45) is 0 Å². The van der Waals surface area contributed by atoms with Crippen molar-refractivity contribution in [3.8, 4) is 0 Å². The maximum Gasteiger partial charge on any atom is 0.274 e. The fourth-order valence-electron chi connectivity index (χ4n) is 1.46. The van der Waals surface area contributed by atoms with Gasteiger partial charge in [0.2, 0.25) is 0 Å². The molecule has 0 radical (unpaired) electrons. The summed E-state index contributed by atoms with van der Waals surface area (Å²) in [6, 6.07) is 0. The van der Waals surface area contributed by atoms with E-state index in [-0.39, 0.29) is 20.8 Å². The summed E-state index contributed by atoms with van der Waals surface area (Å²) in [6.45, 7) is -0.486. The van der Waals surface area contributed by atoms with E-state index in [1.54, 1.807) is 17.8 Å². The van der Waals surface area contributed by atoms with Crippen molar-refractivity contribution in [2.45, 2.75) is 26.8 Å². The number of rotatable bonds is 0. The van der Waals surface area contributed by atoms with Crippen LogP contribution in [0.25, 0.3) is 0 Å². The van der Waals surface area contributed by atoms with E-state index in [1.807, 2.05) is 0 Å². The van der Waals surface area contributed by atoms with Gasteiger partial charge in [0.05, 0.1) is 8.32 Å². The number of halogens is 4. The van der Waals surface area contributed by atoms with E-state index in [4.69, 9.17) is 4.74 Å². The van der Waals surface area contributed by atoms with E-state index < -0.39 is 12.5 Å². The summed E-state index contributed by atoms with van der Waals surface area (Å²) >= 11 is 8.48. The Bertz CT molecular complexity index is 272. The van der Waals surface area contributed by atoms with Gasteiger partial charge >= 0.3 is 0 Å². The van der Waals surface area contributed by atoms with Gasteiger partial charge in [-0.25, -0.2) is 8.78 Å². The summed E-state index contributed by atoms with van der Waals surface area (Å²) in [4.78, 5) is 0. The molecule has 0 aromatic heterocycles. The molecule has 1 fully saturated rings. The molecule has 0 spiro atoms. The van der Waals surface area contributed by atoms with Gasteiger partial charge in [0.15, 0.2) is 0 Å². The Morgan fingerprint density at radius 3 is 2.93 bits per heavy atom. The van der Waals surface area contributed by atoms with Crippen LogP contribution >= 0.6 is 43.6 Å². The average Bonchev–Trinajstić information content (AvgIpc) is 2.26. The third-order valence-corrected chi connectivity index (χ3v) is 5.51. The topological polar surface area (TPSA) is 9.23 Å². The monoisotopic (exact) mass is 348 g/mol. The van der Waals surface area contributed by atoms with Crippen LogP contribution < -0.4 is 0 Å². The van der Waals surface area contributed by atoms with Crippen LogP contribution in [-0.4, -0.2) is 27.0 Å². The lowest BCUT2D eigenvalue weighted by molar-refractivity contribution is -0.0800. The summed E-state index contributed by atoms with van der Waals surface area (Å²) in [7, 11) is 0. The Morgan fingerprint density at radius 2 is 2.21 bits per heavy atom. The Kier molecular flexibility index (Phi) is 3.27. The molecule has 0 saturated carbocycles. The van der Waals surface area contributed by atoms with Crippen molar-refractivity contribution in [2.75, 3.05) is 6.61 Å². The first kappa shape index (κ1) is 11.4. The van der Waals surface area contributed by atoms with Gasteiger partial charge in [-0.2, -0.15) is 0 Å². The maximum absolute atomic E-state index is 13.0. The van der Waals surface area contributed by atoms with Gasteiger partial charge in [-0.05, 0) is 5.57 Å². The second-order valence-electron chi connectivity index (χ2n) is 3.30. The lowest BCUT2D eigenvalue weighted by Gasteiger charge is -2.16. The number of alkyl halides is 4. The third-order valence-electron chi connectivity index (χ3n) is 2.19. The Hall–Kier alpha value is 0.870. The van der Waals surface area contributed by atoms with Gasteiger partial charge in [0.25, 0.3) is 5.92 Å². The first-order chi connectivity index (χ1) is 6.49. The number of allylic oxidation sites excluding steroid dienone is 1. The second-order valence-corrected chi connectivity index (χ2v) is 7.66. The highest BCUT2D eigenvalue weighted by molar-refractivity contribution is 9.13. The molecular weight excluding hydrogens is 342 g/mol. The van der Waals surface area contributed by atoms with Gasteiger partial charge in [0, 0.05) is 6.42 Å². The van der Waals surface area contributed by atoms with Gasteiger partial charge in [-0.3, -0.25) is 0 Å². The molecule has 6 heteroatoms. The molecule has 2 rings (SSSR count). The number of hydrogen-bond acceptors (Lipinski definition) is 2. The predicted molar refractivity (Wildman–Crippen MR) is 60.4 cm³/mol. The van der Waals surface area contributed by atoms with Crippen molar-refractivity contribution in [1.29, 1.82) is 0 Å². The SMILES string of the molecule is FC1(F)CC=C2C(Br)SC(Br)C2OC1. The standard InChI is InChI=1S/C8H8Br2F2OS/c9-6-4-1-2-8(11,12)3-13-5(4)7(10)14-6/h1,5-7H,2-3H2. The van der Waals surface area contributed by atoms with Crippen molar-refractivity contribution >= 4 is 43.6 Å². The maximum atomic E-state index is 13.0. The molecular formula is C8H8Br2F2OS. The first-order valence-electron chi connectivity index (χ1n) is 4.12. The highest BCUT2D eigenvalue weighted by atomic mass is 79.9. The van der Waals surface area contributed by atoms with E-state index in [0.717, 1.165) is 5.57 Å². The minimum atomic E-state index is -2.72. The molecule has 2 heterocycles. The Balaban J connectivity index is 2.21. The van der Waals surface area contributed by atoms with Crippen LogP contribution in [0.5, 0.6) is 0 Å². The molecule has 14 heavy (non-hydrogen) atoms. The molecule has 2 aliphatic heterocycles. The van der Waals surface area contributed by atoms with Crippen LogP contribution in [0, 0.1) is 0 Å². The Morgan fingerprint density at radius 1 is 1.50 bits per heavy atom. The normalized spacial score (nSPS) is 41.4. The molecule has 0 aromatic rings. The van der Waals surface area contributed by atoms with Crippen LogP contribution in [-0.2, 0) is 4.74 Å². The highest BCUT2D eigenvalue weighted by Gasteiger charge is 2.42. The van der Waals surface area contributed by atoms with Gasteiger partial charge in [-0.1, -0.05) is 37.9 Å². The molecule has 2 aliphatic rings. The number of ether oxygens (including phenoxy) is 1. The summed E-state index contributed by atoms with van der Waals surface area (Å²) in [5, 5.41) is 0. The van der Waals surface area contributed by atoms with Crippen molar-refractivity contribution in [3.63, 3.8) is 0 Å².